The van der Waals surface area contributed by atoms with Crippen LogP contribution >= 0.6 is 0 Å². The van der Waals surface area contributed by atoms with Gasteiger partial charge in [0, 0.05) is 0 Å². The lowest BCUT2D eigenvalue weighted by Crippen LogP contribution is -2.17. The van der Waals surface area contributed by atoms with Gasteiger partial charge in [-0.15, -0.1) is 0 Å². The van der Waals surface area contributed by atoms with E-state index in [0.717, 1.165) is 10.4 Å². The summed E-state index contributed by atoms with van der Waals surface area (Å²) in [6.45, 7) is 0. The van der Waals surface area contributed by atoms with Crippen LogP contribution in [0.3, 0.4) is 0 Å². The van der Waals surface area contributed by atoms with Crippen molar-refractivity contribution in [1.82, 2.24) is 19.4 Å². The Morgan fingerprint density at radius 3 is 2.52 bits per heavy atom. The number of carboxylic acid groups (broad SMARTS) is 1. The largest absolute Gasteiger partial charge is 0.478 e. The van der Waals surface area contributed by atoms with Crippen molar-refractivity contribution in [3.63, 3.8) is 0 Å². The third kappa shape index (κ3) is 3.11. The Balaban J connectivity index is 1.68. The van der Waals surface area contributed by atoms with Crippen LogP contribution in [0.5, 0.6) is 0 Å². The van der Waals surface area contributed by atoms with Gasteiger partial charge in [-0.25, -0.2) is 14.5 Å². The Kier molecular flexibility index (Phi) is 4.06. The van der Waals surface area contributed by atoms with Gasteiger partial charge in [0.15, 0.2) is 5.65 Å². The number of para-hydroxylation sites is 1. The SMILES string of the molecule is O=C(O)c1ccc(/C=N\n2cnc3c(cnn3-c3ccccc3)c2=O)cc1. The summed E-state index contributed by atoms with van der Waals surface area (Å²) in [6.07, 6.45) is 4.25. The van der Waals surface area contributed by atoms with Gasteiger partial charge in [-0.05, 0) is 29.8 Å². The summed E-state index contributed by atoms with van der Waals surface area (Å²) < 4.78 is 2.71. The molecule has 27 heavy (non-hydrogen) atoms. The van der Waals surface area contributed by atoms with E-state index in [2.05, 4.69) is 15.2 Å². The summed E-state index contributed by atoms with van der Waals surface area (Å²) >= 11 is 0. The molecule has 0 bridgehead atoms. The van der Waals surface area contributed by atoms with Crippen molar-refractivity contribution in [3.05, 3.63) is 88.6 Å². The zero-order valence-electron chi connectivity index (χ0n) is 13.9. The van der Waals surface area contributed by atoms with Crippen molar-refractivity contribution < 1.29 is 9.90 Å². The first-order valence-electron chi connectivity index (χ1n) is 8.02. The van der Waals surface area contributed by atoms with E-state index in [1.54, 1.807) is 16.8 Å². The summed E-state index contributed by atoms with van der Waals surface area (Å²) in [5, 5.41) is 17.6. The van der Waals surface area contributed by atoms with E-state index in [-0.39, 0.29) is 11.1 Å². The molecule has 0 aliphatic rings. The molecule has 2 aromatic carbocycles. The van der Waals surface area contributed by atoms with Crippen LogP contribution in [0.15, 0.2) is 77.0 Å². The second-order valence-electron chi connectivity index (χ2n) is 5.70. The van der Waals surface area contributed by atoms with Crippen molar-refractivity contribution in [3.8, 4) is 5.69 Å². The fraction of sp³-hybridized carbons (Fsp3) is 0. The van der Waals surface area contributed by atoms with Gasteiger partial charge in [-0.1, -0.05) is 30.3 Å². The van der Waals surface area contributed by atoms with E-state index in [9.17, 15) is 9.59 Å². The quantitative estimate of drug-likeness (QED) is 0.563. The molecule has 1 N–H and O–H groups in total. The molecular weight excluding hydrogens is 346 g/mol. The number of aromatic nitrogens is 4. The predicted octanol–water partition coefficient (Wildman–Crippen LogP) is 2.16. The van der Waals surface area contributed by atoms with Crippen molar-refractivity contribution in [2.45, 2.75) is 0 Å². The fourth-order valence-electron chi connectivity index (χ4n) is 2.58. The lowest BCUT2D eigenvalue weighted by Gasteiger charge is -2.02. The van der Waals surface area contributed by atoms with E-state index < -0.39 is 5.97 Å². The summed E-state index contributed by atoms with van der Waals surface area (Å²) in [5.41, 5.74) is 1.75. The molecule has 4 aromatic rings. The molecule has 0 aliphatic heterocycles. The average Bonchev–Trinajstić information content (AvgIpc) is 3.13. The average molecular weight is 359 g/mol. The van der Waals surface area contributed by atoms with Crippen molar-refractivity contribution >= 4 is 23.2 Å². The molecule has 132 valence electrons. The van der Waals surface area contributed by atoms with Crippen LogP contribution in [0.4, 0.5) is 0 Å². The molecule has 0 aliphatic carbocycles. The zero-order chi connectivity index (χ0) is 18.8. The highest BCUT2D eigenvalue weighted by atomic mass is 16.4. The van der Waals surface area contributed by atoms with Crippen molar-refractivity contribution in [2.75, 3.05) is 0 Å². The Hall–Kier alpha value is -4.07. The molecule has 0 radical (unpaired) electrons. The van der Waals surface area contributed by atoms with Crippen molar-refractivity contribution in [2.24, 2.45) is 5.10 Å². The molecule has 0 saturated heterocycles. The minimum atomic E-state index is -1.00. The highest BCUT2D eigenvalue weighted by molar-refractivity contribution is 5.89. The number of fused-ring (bicyclic) bond motifs is 1. The molecule has 0 amide bonds. The number of hydrogen-bond donors (Lipinski definition) is 1. The van der Waals surface area contributed by atoms with Gasteiger partial charge in [0.05, 0.1) is 23.7 Å². The molecule has 2 aromatic heterocycles. The summed E-state index contributed by atoms with van der Waals surface area (Å²) in [6, 6.07) is 15.6. The molecule has 2 heterocycles. The molecular formula is C19H13N5O3. The first-order chi connectivity index (χ1) is 13.1. The minimum absolute atomic E-state index is 0.181. The van der Waals surface area contributed by atoms with Gasteiger partial charge in [-0.2, -0.15) is 14.9 Å². The second-order valence-corrected chi connectivity index (χ2v) is 5.70. The minimum Gasteiger partial charge on any atom is -0.478 e. The summed E-state index contributed by atoms with van der Waals surface area (Å²) in [4.78, 5) is 27.8. The maximum Gasteiger partial charge on any atom is 0.335 e. The van der Waals surface area contributed by atoms with Crippen LogP contribution in [0.1, 0.15) is 15.9 Å². The number of hydrogen-bond acceptors (Lipinski definition) is 5. The predicted molar refractivity (Wildman–Crippen MR) is 99.5 cm³/mol. The monoisotopic (exact) mass is 359 g/mol. The van der Waals surface area contributed by atoms with Gasteiger partial charge in [0.25, 0.3) is 5.56 Å². The molecule has 0 atom stereocenters. The molecule has 0 spiro atoms. The topological polar surface area (TPSA) is 102 Å². The number of benzene rings is 2. The summed E-state index contributed by atoms with van der Waals surface area (Å²) in [5.74, 6) is -1.00. The van der Waals surface area contributed by atoms with E-state index in [4.69, 9.17) is 5.11 Å². The molecule has 4 rings (SSSR count). The standard InChI is InChI=1S/C19H13N5O3/c25-18-16-11-22-24(15-4-2-1-3-5-15)17(16)20-12-23(18)21-10-13-6-8-14(9-7-13)19(26)27/h1-12H,(H,26,27)/b21-10-. The van der Waals surface area contributed by atoms with E-state index >= 15 is 0 Å². The van der Waals surface area contributed by atoms with Gasteiger partial charge < -0.3 is 5.11 Å². The first kappa shape index (κ1) is 16.4. The highest BCUT2D eigenvalue weighted by Crippen LogP contribution is 2.12. The third-order valence-electron chi connectivity index (χ3n) is 3.96. The Labute approximate surface area is 152 Å². The van der Waals surface area contributed by atoms with E-state index in [0.29, 0.717) is 16.6 Å². The number of aromatic carboxylic acids is 1. The Bertz CT molecular complexity index is 1210. The number of nitrogens with zero attached hydrogens (tertiary/aromatic N) is 5. The smallest absolute Gasteiger partial charge is 0.335 e. The van der Waals surface area contributed by atoms with E-state index in [1.807, 2.05) is 30.3 Å². The van der Waals surface area contributed by atoms with Crippen LogP contribution in [-0.2, 0) is 0 Å². The van der Waals surface area contributed by atoms with Crippen LogP contribution in [-0.4, -0.2) is 36.7 Å². The molecule has 0 saturated carbocycles. The van der Waals surface area contributed by atoms with E-state index in [1.165, 1.54) is 30.9 Å². The molecule has 8 heteroatoms. The normalized spacial score (nSPS) is 11.3. The lowest BCUT2D eigenvalue weighted by molar-refractivity contribution is 0.0697. The van der Waals surface area contributed by atoms with Crippen molar-refractivity contribution in [1.29, 1.82) is 0 Å². The first-order valence-corrected chi connectivity index (χ1v) is 8.02. The molecule has 0 fully saturated rings. The van der Waals surface area contributed by atoms with Gasteiger partial charge in [0.2, 0.25) is 0 Å². The molecule has 8 nitrogen and oxygen atoms in total. The van der Waals surface area contributed by atoms with Crippen LogP contribution in [0, 0.1) is 0 Å². The lowest BCUT2D eigenvalue weighted by atomic mass is 10.1. The maximum absolute atomic E-state index is 12.6. The Morgan fingerprint density at radius 2 is 1.81 bits per heavy atom. The Morgan fingerprint density at radius 1 is 1.07 bits per heavy atom. The van der Waals surface area contributed by atoms with Gasteiger partial charge >= 0.3 is 5.97 Å². The van der Waals surface area contributed by atoms with Crippen LogP contribution < -0.4 is 5.56 Å². The number of carboxylic acids is 1. The van der Waals surface area contributed by atoms with Crippen LogP contribution in [0.2, 0.25) is 0 Å². The third-order valence-corrected chi connectivity index (χ3v) is 3.96. The van der Waals surface area contributed by atoms with Crippen LogP contribution in [0.25, 0.3) is 16.7 Å². The number of rotatable bonds is 4. The summed E-state index contributed by atoms with van der Waals surface area (Å²) in [7, 11) is 0. The number of carbonyl (C=O) groups is 1. The van der Waals surface area contributed by atoms with Gasteiger partial charge in [0.1, 0.15) is 11.7 Å². The zero-order valence-corrected chi connectivity index (χ0v) is 13.9. The molecule has 0 unspecified atom stereocenters. The fourth-order valence-corrected chi connectivity index (χ4v) is 2.58. The maximum atomic E-state index is 12.6. The highest BCUT2D eigenvalue weighted by Gasteiger charge is 2.10. The second kappa shape index (κ2) is 6.68. The van der Waals surface area contributed by atoms with Gasteiger partial charge in [-0.3, -0.25) is 4.79 Å².